The predicted molar refractivity (Wildman–Crippen MR) is 115 cm³/mol. The van der Waals surface area contributed by atoms with Crippen LogP contribution in [0.4, 0.5) is 10.1 Å². The fourth-order valence-electron chi connectivity index (χ4n) is 4.20. The first-order valence-corrected chi connectivity index (χ1v) is 10.5. The number of tetrazole rings is 1. The Morgan fingerprint density at radius 2 is 1.74 bits per heavy atom. The van der Waals surface area contributed by atoms with Gasteiger partial charge < -0.3 is 9.80 Å². The molecule has 0 radical (unpaired) electrons. The van der Waals surface area contributed by atoms with Crippen LogP contribution in [0.5, 0.6) is 0 Å². The van der Waals surface area contributed by atoms with Crippen molar-refractivity contribution in [2.75, 3.05) is 31.1 Å². The van der Waals surface area contributed by atoms with E-state index in [1.54, 1.807) is 6.07 Å². The van der Waals surface area contributed by atoms with Crippen LogP contribution in [0.1, 0.15) is 43.8 Å². The van der Waals surface area contributed by atoms with Crippen molar-refractivity contribution in [2.45, 2.75) is 32.4 Å². The van der Waals surface area contributed by atoms with Gasteiger partial charge in [-0.3, -0.25) is 0 Å². The van der Waals surface area contributed by atoms with Crippen LogP contribution in [0, 0.1) is 17.1 Å². The minimum absolute atomic E-state index is 0.0789. The fraction of sp³-hybridized carbons (Fsp3) is 0.391. The van der Waals surface area contributed by atoms with Crippen LogP contribution >= 0.6 is 0 Å². The van der Waals surface area contributed by atoms with Crippen LogP contribution in [-0.4, -0.2) is 46.4 Å². The van der Waals surface area contributed by atoms with E-state index in [4.69, 9.17) is 0 Å². The normalized spacial score (nSPS) is 16.2. The summed E-state index contributed by atoms with van der Waals surface area (Å²) in [4.78, 5) is 3.42. The first-order valence-electron chi connectivity index (χ1n) is 10.5. The molecule has 8 heteroatoms. The number of hydrogen-bond acceptors (Lipinski definition) is 5. The van der Waals surface area contributed by atoms with Gasteiger partial charge in [0.15, 0.2) is 6.04 Å². The second kappa shape index (κ2) is 8.44. The second-order valence-corrected chi connectivity index (χ2v) is 8.88. The second-order valence-electron chi connectivity index (χ2n) is 8.88. The van der Waals surface area contributed by atoms with Crippen molar-refractivity contribution in [2.24, 2.45) is 0 Å². The molecular formula is C23H27FN7+. The first-order chi connectivity index (χ1) is 14.9. The smallest absolute Gasteiger partial charge is 0.214 e. The summed E-state index contributed by atoms with van der Waals surface area (Å²) in [5.74, 6) is 0.609. The maximum atomic E-state index is 14.3. The number of halogens is 1. The van der Waals surface area contributed by atoms with E-state index in [1.807, 2.05) is 41.1 Å². The van der Waals surface area contributed by atoms with Gasteiger partial charge in [0.1, 0.15) is 5.82 Å². The number of piperazine rings is 1. The number of nitrogens with one attached hydrogen (secondary N) is 1. The highest BCUT2D eigenvalue weighted by Gasteiger charge is 2.36. The predicted octanol–water partition coefficient (Wildman–Crippen LogP) is 1.93. The van der Waals surface area contributed by atoms with Gasteiger partial charge in [-0.15, -0.1) is 5.10 Å². The molecule has 1 fully saturated rings. The quantitative estimate of drug-likeness (QED) is 0.698. The molecule has 1 atom stereocenters. The van der Waals surface area contributed by atoms with Crippen molar-refractivity contribution in [3.8, 4) is 6.07 Å². The molecule has 2 aromatic carbocycles. The van der Waals surface area contributed by atoms with Gasteiger partial charge in [0.25, 0.3) is 0 Å². The monoisotopic (exact) mass is 420 g/mol. The lowest BCUT2D eigenvalue weighted by Crippen LogP contribution is -3.15. The first kappa shape index (κ1) is 20.9. The van der Waals surface area contributed by atoms with E-state index in [0.717, 1.165) is 37.6 Å². The summed E-state index contributed by atoms with van der Waals surface area (Å²) < 4.78 is 16.2. The molecule has 0 unspecified atom stereocenters. The molecular weight excluding hydrogens is 393 g/mol. The van der Waals surface area contributed by atoms with E-state index >= 15 is 0 Å². The molecule has 4 rings (SSSR count). The molecule has 1 aliphatic rings. The number of benzene rings is 2. The number of hydrogen-bond donors (Lipinski definition) is 1. The molecule has 0 saturated carbocycles. The van der Waals surface area contributed by atoms with Crippen molar-refractivity contribution in [1.82, 2.24) is 20.2 Å². The standard InChI is InChI=1S/C23H26FN7/c1-23(2,3)31-22(26-27-28-31)21(18-10-8-17(16-25)9-11-18)30-14-12-29(13-15-30)20-7-5-4-6-19(20)24/h4-11,21H,12-15H2,1-3H3/p+1/t21-/m0/s1. The topological polar surface area (TPSA) is 75.1 Å². The third-order valence-electron chi connectivity index (χ3n) is 5.77. The van der Waals surface area contributed by atoms with Crippen LogP contribution in [0.3, 0.4) is 0 Å². The third kappa shape index (κ3) is 4.28. The van der Waals surface area contributed by atoms with E-state index in [-0.39, 0.29) is 17.4 Å². The summed E-state index contributed by atoms with van der Waals surface area (Å²) in [5.41, 5.74) is 2.07. The van der Waals surface area contributed by atoms with Crippen LogP contribution in [-0.2, 0) is 5.54 Å². The van der Waals surface area contributed by atoms with Crippen molar-refractivity contribution in [1.29, 1.82) is 5.26 Å². The number of aromatic nitrogens is 4. The molecule has 0 bridgehead atoms. The Morgan fingerprint density at radius 1 is 1.06 bits per heavy atom. The molecule has 1 aliphatic heterocycles. The molecule has 1 saturated heterocycles. The summed E-state index contributed by atoms with van der Waals surface area (Å²) in [5, 5.41) is 21.8. The molecule has 0 spiro atoms. The van der Waals surface area contributed by atoms with E-state index in [2.05, 4.69) is 47.3 Å². The van der Waals surface area contributed by atoms with Crippen LogP contribution in [0.15, 0.2) is 48.5 Å². The minimum atomic E-state index is -0.266. The molecule has 31 heavy (non-hydrogen) atoms. The van der Waals surface area contributed by atoms with Gasteiger partial charge in [-0.2, -0.15) is 5.26 Å². The Labute approximate surface area is 181 Å². The number of quaternary nitrogens is 1. The molecule has 160 valence electrons. The number of nitriles is 1. The maximum Gasteiger partial charge on any atom is 0.214 e. The summed E-state index contributed by atoms with van der Waals surface area (Å²) in [7, 11) is 0. The van der Waals surface area contributed by atoms with Crippen molar-refractivity contribution < 1.29 is 9.29 Å². The summed E-state index contributed by atoms with van der Waals surface area (Å²) in [6, 6.07) is 16.7. The van der Waals surface area contributed by atoms with Gasteiger partial charge in [0, 0.05) is 5.56 Å². The molecule has 7 nitrogen and oxygen atoms in total. The lowest BCUT2D eigenvalue weighted by molar-refractivity contribution is -0.927. The van der Waals surface area contributed by atoms with Crippen molar-refractivity contribution in [3.63, 3.8) is 0 Å². The van der Waals surface area contributed by atoms with Gasteiger partial charge >= 0.3 is 0 Å². The number of nitrogens with zero attached hydrogens (tertiary/aromatic N) is 6. The molecule has 1 N–H and O–H groups in total. The zero-order valence-electron chi connectivity index (χ0n) is 18.1. The van der Waals surface area contributed by atoms with Crippen LogP contribution in [0.2, 0.25) is 0 Å². The summed E-state index contributed by atoms with van der Waals surface area (Å²) >= 11 is 0. The van der Waals surface area contributed by atoms with E-state index in [9.17, 15) is 9.65 Å². The SMILES string of the molecule is CC(C)(C)n1nnnc1[C@H](c1ccc(C#N)cc1)[NH+]1CCN(c2ccccc2F)CC1. The highest BCUT2D eigenvalue weighted by molar-refractivity contribution is 5.47. The van der Waals surface area contributed by atoms with Crippen molar-refractivity contribution >= 4 is 5.69 Å². The Hall–Kier alpha value is -3.31. The Morgan fingerprint density at radius 3 is 2.35 bits per heavy atom. The van der Waals surface area contributed by atoms with Gasteiger partial charge in [0.05, 0.1) is 49.0 Å². The lowest BCUT2D eigenvalue weighted by Gasteiger charge is -2.37. The average molecular weight is 421 g/mol. The Bertz CT molecular complexity index is 1070. The van der Waals surface area contributed by atoms with Gasteiger partial charge in [-0.05, 0) is 55.5 Å². The Kier molecular flexibility index (Phi) is 5.70. The zero-order valence-corrected chi connectivity index (χ0v) is 18.1. The molecule has 3 aromatic rings. The van der Waals surface area contributed by atoms with Gasteiger partial charge in [-0.25, -0.2) is 9.07 Å². The molecule has 2 heterocycles. The largest absolute Gasteiger partial charge is 0.358 e. The maximum absolute atomic E-state index is 14.3. The number of anilines is 1. The molecule has 1 aromatic heterocycles. The number of para-hydroxylation sites is 1. The van der Waals surface area contributed by atoms with E-state index in [0.29, 0.717) is 11.3 Å². The van der Waals surface area contributed by atoms with E-state index < -0.39 is 0 Å². The number of rotatable bonds is 4. The van der Waals surface area contributed by atoms with E-state index in [1.165, 1.54) is 11.0 Å². The Balaban J connectivity index is 1.65. The highest BCUT2D eigenvalue weighted by atomic mass is 19.1. The summed E-state index contributed by atoms with van der Waals surface area (Å²) in [6.45, 7) is 9.34. The average Bonchev–Trinajstić information content (AvgIpc) is 3.25. The highest BCUT2D eigenvalue weighted by Crippen LogP contribution is 2.24. The zero-order chi connectivity index (χ0) is 22.0. The van der Waals surface area contributed by atoms with Gasteiger partial charge in [-0.1, -0.05) is 24.3 Å². The van der Waals surface area contributed by atoms with Crippen LogP contribution < -0.4 is 9.80 Å². The summed E-state index contributed by atoms with van der Waals surface area (Å²) in [6.07, 6.45) is 0. The molecule has 0 amide bonds. The molecule has 0 aliphatic carbocycles. The van der Waals surface area contributed by atoms with Crippen LogP contribution in [0.25, 0.3) is 0 Å². The lowest BCUT2D eigenvalue weighted by atomic mass is 10.0. The fourth-order valence-corrected chi connectivity index (χ4v) is 4.20. The van der Waals surface area contributed by atoms with Gasteiger partial charge in [0.2, 0.25) is 5.82 Å². The minimum Gasteiger partial charge on any atom is -0.358 e. The third-order valence-corrected chi connectivity index (χ3v) is 5.77. The van der Waals surface area contributed by atoms with Crippen molar-refractivity contribution in [3.05, 3.63) is 71.3 Å².